The maximum atomic E-state index is 12.1. The Balaban J connectivity index is 1.73. The summed E-state index contributed by atoms with van der Waals surface area (Å²) >= 11 is 0. The predicted octanol–water partition coefficient (Wildman–Crippen LogP) is 3.14. The fourth-order valence-corrected chi connectivity index (χ4v) is 2.90. The molecule has 0 bridgehead atoms. The summed E-state index contributed by atoms with van der Waals surface area (Å²) in [4.78, 5) is 12.1. The van der Waals surface area contributed by atoms with Gasteiger partial charge in [0.25, 0.3) is 5.56 Å². The topological polar surface area (TPSA) is 92.1 Å². The number of phenols is 1. The van der Waals surface area contributed by atoms with Crippen LogP contribution in [-0.2, 0) is 13.0 Å². The molecule has 0 unspecified atom stereocenters. The summed E-state index contributed by atoms with van der Waals surface area (Å²) in [5.41, 5.74) is 8.82. The Hall–Kier alpha value is -3.34. The van der Waals surface area contributed by atoms with Crippen LogP contribution in [0.15, 0.2) is 71.7 Å². The first-order valence-corrected chi connectivity index (χ1v) is 8.47. The second-order valence-corrected chi connectivity index (χ2v) is 6.18. The molecule has 3 rings (SSSR count). The summed E-state index contributed by atoms with van der Waals surface area (Å²) in [6, 6.07) is 18.2. The molecule has 0 aliphatic rings. The summed E-state index contributed by atoms with van der Waals surface area (Å²) in [5, 5.41) is 17.5. The zero-order chi connectivity index (χ0) is 18.5. The van der Waals surface area contributed by atoms with E-state index in [1.54, 1.807) is 28.8 Å². The number of benzene rings is 2. The van der Waals surface area contributed by atoms with Gasteiger partial charge in [0.2, 0.25) is 0 Å². The lowest BCUT2D eigenvalue weighted by atomic mass is 10.0. The normalized spacial score (nSPS) is 10.6. The Morgan fingerprint density at radius 3 is 2.54 bits per heavy atom. The number of aryl methyl sites for hydroxylation is 2. The van der Waals surface area contributed by atoms with Gasteiger partial charge in [0.05, 0.1) is 0 Å². The van der Waals surface area contributed by atoms with Crippen molar-refractivity contribution in [1.29, 1.82) is 5.41 Å². The summed E-state index contributed by atoms with van der Waals surface area (Å²) in [6.07, 6.45) is 3.14. The number of rotatable bonds is 6. The molecule has 0 atom stereocenters. The van der Waals surface area contributed by atoms with Gasteiger partial charge in [0.1, 0.15) is 11.6 Å². The van der Waals surface area contributed by atoms with Crippen molar-refractivity contribution in [3.8, 4) is 16.9 Å². The molecule has 0 radical (unpaired) electrons. The van der Waals surface area contributed by atoms with E-state index in [1.807, 2.05) is 42.6 Å². The van der Waals surface area contributed by atoms with E-state index in [4.69, 9.17) is 11.1 Å². The second kappa shape index (κ2) is 7.70. The van der Waals surface area contributed by atoms with Crippen molar-refractivity contribution in [3.05, 3.63) is 88.3 Å². The summed E-state index contributed by atoms with van der Waals surface area (Å²) < 4.78 is 1.69. The van der Waals surface area contributed by atoms with Crippen LogP contribution in [0.2, 0.25) is 0 Å². The van der Waals surface area contributed by atoms with Crippen molar-refractivity contribution in [3.63, 3.8) is 0 Å². The molecule has 0 saturated carbocycles. The lowest BCUT2D eigenvalue weighted by Gasteiger charge is -2.10. The lowest BCUT2D eigenvalue weighted by Crippen LogP contribution is -2.19. The van der Waals surface area contributed by atoms with Gasteiger partial charge in [-0.25, -0.2) is 0 Å². The Bertz CT molecular complexity index is 978. The average molecular weight is 347 g/mol. The molecule has 0 fully saturated rings. The molecule has 132 valence electrons. The number of nitrogens with one attached hydrogen (secondary N) is 1. The quantitative estimate of drug-likeness (QED) is 0.472. The molecule has 0 aliphatic heterocycles. The van der Waals surface area contributed by atoms with Crippen LogP contribution < -0.4 is 11.3 Å². The number of phenolic OH excluding ortho intramolecular Hbond substituents is 1. The molecule has 0 spiro atoms. The fraction of sp³-hybridized carbons (Fsp3) is 0.143. The van der Waals surface area contributed by atoms with Crippen molar-refractivity contribution in [1.82, 2.24) is 4.57 Å². The SMILES string of the molecule is N=C(N)c1ccc(O)c(CCCn2cc(-c3ccccc3)ccc2=O)c1. The van der Waals surface area contributed by atoms with E-state index in [2.05, 4.69) is 0 Å². The first-order chi connectivity index (χ1) is 12.5. The molecule has 5 heteroatoms. The van der Waals surface area contributed by atoms with Gasteiger partial charge in [-0.3, -0.25) is 10.2 Å². The molecular formula is C21H21N3O2. The first kappa shape index (κ1) is 17.5. The number of nitrogens with two attached hydrogens (primary N) is 1. The Kier molecular flexibility index (Phi) is 5.17. The zero-order valence-electron chi connectivity index (χ0n) is 14.4. The molecule has 0 saturated heterocycles. The molecule has 2 aromatic carbocycles. The highest BCUT2D eigenvalue weighted by Crippen LogP contribution is 2.21. The van der Waals surface area contributed by atoms with E-state index in [0.717, 1.165) is 16.7 Å². The van der Waals surface area contributed by atoms with Gasteiger partial charge in [0, 0.05) is 24.4 Å². The van der Waals surface area contributed by atoms with Crippen molar-refractivity contribution in [2.45, 2.75) is 19.4 Å². The van der Waals surface area contributed by atoms with Crippen LogP contribution in [0, 0.1) is 5.41 Å². The van der Waals surface area contributed by atoms with Crippen molar-refractivity contribution < 1.29 is 5.11 Å². The average Bonchev–Trinajstić information content (AvgIpc) is 2.65. The standard InChI is InChI=1S/C21H21N3O2/c22-21(23)17-8-10-19(25)16(13-17)7-4-12-24-14-18(9-11-20(24)26)15-5-2-1-3-6-15/h1-3,5-6,8-11,13-14,25H,4,7,12H2,(H3,22,23). The van der Waals surface area contributed by atoms with E-state index in [1.165, 1.54) is 0 Å². The Labute approximate surface area is 151 Å². The van der Waals surface area contributed by atoms with Crippen molar-refractivity contribution in [2.24, 2.45) is 5.73 Å². The number of aromatic nitrogens is 1. The van der Waals surface area contributed by atoms with E-state index >= 15 is 0 Å². The summed E-state index contributed by atoms with van der Waals surface area (Å²) in [6.45, 7) is 0.545. The minimum Gasteiger partial charge on any atom is -0.508 e. The minimum absolute atomic E-state index is 0.0296. The third-order valence-electron chi connectivity index (χ3n) is 4.33. The molecule has 26 heavy (non-hydrogen) atoms. The fourth-order valence-electron chi connectivity index (χ4n) is 2.90. The highest BCUT2D eigenvalue weighted by molar-refractivity contribution is 5.95. The third-order valence-corrected chi connectivity index (χ3v) is 4.33. The zero-order valence-corrected chi connectivity index (χ0v) is 14.4. The number of nitrogen functional groups attached to an aromatic ring is 1. The Morgan fingerprint density at radius 1 is 1.04 bits per heavy atom. The van der Waals surface area contributed by atoms with Crippen molar-refractivity contribution >= 4 is 5.84 Å². The van der Waals surface area contributed by atoms with Crippen LogP contribution in [-0.4, -0.2) is 15.5 Å². The molecule has 0 aliphatic carbocycles. The number of aromatic hydroxyl groups is 1. The molecule has 3 aromatic rings. The van der Waals surface area contributed by atoms with Crippen LogP contribution >= 0.6 is 0 Å². The van der Waals surface area contributed by atoms with Gasteiger partial charge in [-0.15, -0.1) is 0 Å². The number of nitrogens with zero attached hydrogens (tertiary/aromatic N) is 1. The lowest BCUT2D eigenvalue weighted by molar-refractivity contribution is 0.465. The maximum absolute atomic E-state index is 12.1. The number of amidine groups is 1. The van der Waals surface area contributed by atoms with Gasteiger partial charge < -0.3 is 15.4 Å². The Morgan fingerprint density at radius 2 is 1.81 bits per heavy atom. The predicted molar refractivity (Wildman–Crippen MR) is 104 cm³/mol. The molecule has 1 heterocycles. The van der Waals surface area contributed by atoms with Crippen molar-refractivity contribution in [2.75, 3.05) is 0 Å². The first-order valence-electron chi connectivity index (χ1n) is 8.47. The summed E-state index contributed by atoms with van der Waals surface area (Å²) in [7, 11) is 0. The van der Waals surface area contributed by atoms with Crippen LogP contribution in [0.3, 0.4) is 0 Å². The molecule has 4 N–H and O–H groups in total. The highest BCUT2D eigenvalue weighted by Gasteiger charge is 2.06. The molecule has 0 amide bonds. The van der Waals surface area contributed by atoms with Gasteiger partial charge in [0.15, 0.2) is 0 Å². The van der Waals surface area contributed by atoms with Crippen LogP contribution in [0.1, 0.15) is 17.5 Å². The highest BCUT2D eigenvalue weighted by atomic mass is 16.3. The van der Waals surface area contributed by atoms with E-state index < -0.39 is 0 Å². The van der Waals surface area contributed by atoms with E-state index in [-0.39, 0.29) is 17.1 Å². The van der Waals surface area contributed by atoms with E-state index in [0.29, 0.717) is 24.9 Å². The maximum Gasteiger partial charge on any atom is 0.250 e. The third kappa shape index (κ3) is 4.00. The van der Waals surface area contributed by atoms with Gasteiger partial charge >= 0.3 is 0 Å². The molecule has 1 aromatic heterocycles. The smallest absolute Gasteiger partial charge is 0.250 e. The molecular weight excluding hydrogens is 326 g/mol. The van der Waals surface area contributed by atoms with Crippen LogP contribution in [0.25, 0.3) is 11.1 Å². The van der Waals surface area contributed by atoms with Gasteiger partial charge in [-0.05, 0) is 53.8 Å². The second-order valence-electron chi connectivity index (χ2n) is 6.18. The summed E-state index contributed by atoms with van der Waals surface area (Å²) in [5.74, 6) is 0.151. The van der Waals surface area contributed by atoms with Gasteiger partial charge in [-0.2, -0.15) is 0 Å². The molecule has 5 nitrogen and oxygen atoms in total. The minimum atomic E-state index is -0.0496. The monoisotopic (exact) mass is 347 g/mol. The largest absolute Gasteiger partial charge is 0.508 e. The van der Waals surface area contributed by atoms with Crippen LogP contribution in [0.4, 0.5) is 0 Å². The van der Waals surface area contributed by atoms with E-state index in [9.17, 15) is 9.90 Å². The number of pyridine rings is 1. The van der Waals surface area contributed by atoms with Crippen LogP contribution in [0.5, 0.6) is 5.75 Å². The number of hydrogen-bond donors (Lipinski definition) is 3. The van der Waals surface area contributed by atoms with Gasteiger partial charge in [-0.1, -0.05) is 30.3 Å². The number of hydrogen-bond acceptors (Lipinski definition) is 3.